The van der Waals surface area contributed by atoms with Crippen molar-refractivity contribution in [2.75, 3.05) is 25.5 Å². The van der Waals surface area contributed by atoms with Crippen LogP contribution in [0.4, 0.5) is 5.69 Å². The van der Waals surface area contributed by atoms with E-state index in [-0.39, 0.29) is 0 Å². The van der Waals surface area contributed by atoms with Crippen molar-refractivity contribution >= 4 is 22.4 Å². The average Bonchev–Trinajstić information content (AvgIpc) is 3.21. The highest BCUT2D eigenvalue weighted by Crippen LogP contribution is 2.38. The number of aromatic amines is 1. The zero-order valence-electron chi connectivity index (χ0n) is 19.2. The highest BCUT2D eigenvalue weighted by Gasteiger charge is 2.25. The predicted octanol–water partition coefficient (Wildman–Crippen LogP) is 5.23. The van der Waals surface area contributed by atoms with Crippen molar-refractivity contribution < 1.29 is 4.74 Å². The van der Waals surface area contributed by atoms with Crippen molar-refractivity contribution in [3.63, 3.8) is 0 Å². The summed E-state index contributed by atoms with van der Waals surface area (Å²) in [5, 5.41) is 11.5. The number of allylic oxidation sites excluding steroid dienone is 2. The quantitative estimate of drug-likeness (QED) is 0.309. The van der Waals surface area contributed by atoms with Crippen molar-refractivity contribution in [1.29, 1.82) is 0 Å². The van der Waals surface area contributed by atoms with E-state index in [0.717, 1.165) is 47.3 Å². The summed E-state index contributed by atoms with van der Waals surface area (Å²) in [6.07, 6.45) is 4.92. The minimum absolute atomic E-state index is 0.430. The zero-order chi connectivity index (χ0) is 22.5. The van der Waals surface area contributed by atoms with Crippen LogP contribution in [0.1, 0.15) is 40.0 Å². The van der Waals surface area contributed by atoms with Gasteiger partial charge in [-0.05, 0) is 49.7 Å². The number of rotatable bonds is 8. The number of H-pyrrole nitrogens is 1. The van der Waals surface area contributed by atoms with Gasteiger partial charge in [0.2, 0.25) is 0 Å². The van der Waals surface area contributed by atoms with Crippen LogP contribution in [-0.4, -0.2) is 36.2 Å². The number of benzene rings is 1. The fourth-order valence-electron chi connectivity index (χ4n) is 4.22. The molecule has 1 aliphatic carbocycles. The van der Waals surface area contributed by atoms with Gasteiger partial charge in [0.05, 0.1) is 17.4 Å². The Kier molecular flexibility index (Phi) is 7.33. The first kappa shape index (κ1) is 22.8. The van der Waals surface area contributed by atoms with Crippen LogP contribution in [0.15, 0.2) is 58.8 Å². The molecule has 31 heavy (non-hydrogen) atoms. The van der Waals surface area contributed by atoms with Crippen molar-refractivity contribution in [3.8, 4) is 5.75 Å². The standard InChI is InChI=1S/C25H35N5O/c1-15(2)17(4)19-7-8-21(16(3)11-19)18(5)25(27-6)29-23-12-20-14-28-30-22(20)13-24(23)31-10-9-26/h12-15,19H,4-5,7-11,26H2,1-3,6H3,(H,27,29)(H,28,30). The number of ether oxygens (including phenoxy) is 1. The molecule has 1 atom stereocenters. The second-order valence-electron chi connectivity index (χ2n) is 8.55. The first-order valence-electron chi connectivity index (χ1n) is 11.0. The smallest absolute Gasteiger partial charge is 0.145 e. The van der Waals surface area contributed by atoms with Crippen LogP contribution in [0.5, 0.6) is 5.75 Å². The Morgan fingerprint density at radius 1 is 1.39 bits per heavy atom. The van der Waals surface area contributed by atoms with Gasteiger partial charge in [0, 0.05) is 30.6 Å². The first-order chi connectivity index (χ1) is 14.8. The third-order valence-electron chi connectivity index (χ3n) is 6.12. The van der Waals surface area contributed by atoms with Gasteiger partial charge in [-0.2, -0.15) is 5.10 Å². The van der Waals surface area contributed by atoms with Crippen molar-refractivity contribution in [3.05, 3.63) is 53.8 Å². The van der Waals surface area contributed by atoms with E-state index in [9.17, 15) is 0 Å². The summed E-state index contributed by atoms with van der Waals surface area (Å²) in [5.41, 5.74) is 12.3. The maximum absolute atomic E-state index is 5.88. The monoisotopic (exact) mass is 421 g/mol. The van der Waals surface area contributed by atoms with Crippen LogP contribution < -0.4 is 15.8 Å². The number of aliphatic imine (C=N–C) groups is 1. The molecule has 1 aromatic heterocycles. The molecule has 0 spiro atoms. The second-order valence-corrected chi connectivity index (χ2v) is 8.55. The normalized spacial score (nSPS) is 17.4. The topological polar surface area (TPSA) is 88.3 Å². The van der Waals surface area contributed by atoms with Gasteiger partial charge in [0.1, 0.15) is 18.2 Å². The molecule has 4 N–H and O–H groups in total. The zero-order valence-corrected chi connectivity index (χ0v) is 19.2. The van der Waals surface area contributed by atoms with Gasteiger partial charge in [-0.15, -0.1) is 0 Å². The molecule has 2 aromatic rings. The minimum atomic E-state index is 0.430. The molecule has 0 saturated carbocycles. The molecule has 0 bridgehead atoms. The Morgan fingerprint density at radius 3 is 2.81 bits per heavy atom. The number of nitrogens with two attached hydrogens (primary N) is 1. The summed E-state index contributed by atoms with van der Waals surface area (Å²) >= 11 is 0. The fourth-order valence-corrected chi connectivity index (χ4v) is 4.22. The lowest BCUT2D eigenvalue weighted by molar-refractivity contribution is 0.330. The van der Waals surface area contributed by atoms with E-state index >= 15 is 0 Å². The van der Waals surface area contributed by atoms with Crippen LogP contribution in [0.25, 0.3) is 10.9 Å². The Morgan fingerprint density at radius 2 is 2.16 bits per heavy atom. The molecule has 6 nitrogen and oxygen atoms in total. The fraction of sp³-hybridized carbons (Fsp3) is 0.440. The highest BCUT2D eigenvalue weighted by molar-refractivity contribution is 6.11. The minimum Gasteiger partial charge on any atom is -0.490 e. The molecule has 0 radical (unpaired) electrons. The number of hydrogen-bond donors (Lipinski definition) is 3. The van der Waals surface area contributed by atoms with E-state index in [4.69, 9.17) is 10.5 Å². The van der Waals surface area contributed by atoms with E-state index in [2.05, 4.69) is 54.4 Å². The van der Waals surface area contributed by atoms with Crippen molar-refractivity contribution in [2.24, 2.45) is 22.6 Å². The molecule has 1 aromatic carbocycles. The number of amidine groups is 1. The molecular weight excluding hydrogens is 386 g/mol. The Hall–Kier alpha value is -2.86. The maximum Gasteiger partial charge on any atom is 0.145 e. The second kappa shape index (κ2) is 9.96. The van der Waals surface area contributed by atoms with E-state index < -0.39 is 0 Å². The number of nitrogens with one attached hydrogen (secondary N) is 2. The van der Waals surface area contributed by atoms with E-state index in [1.54, 1.807) is 13.2 Å². The largest absolute Gasteiger partial charge is 0.490 e. The van der Waals surface area contributed by atoms with Crippen LogP contribution in [-0.2, 0) is 0 Å². The predicted molar refractivity (Wildman–Crippen MR) is 131 cm³/mol. The van der Waals surface area contributed by atoms with Crippen LogP contribution >= 0.6 is 0 Å². The van der Waals surface area contributed by atoms with Gasteiger partial charge >= 0.3 is 0 Å². The molecule has 0 aliphatic heterocycles. The van der Waals surface area contributed by atoms with Gasteiger partial charge < -0.3 is 15.8 Å². The Bertz CT molecular complexity index is 1030. The number of fused-ring (bicyclic) bond motifs is 1. The third kappa shape index (κ3) is 5.07. The Balaban J connectivity index is 1.84. The lowest BCUT2D eigenvalue weighted by Crippen LogP contribution is -2.21. The number of anilines is 1. The lowest BCUT2D eigenvalue weighted by Gasteiger charge is -2.30. The third-order valence-corrected chi connectivity index (χ3v) is 6.12. The molecule has 3 rings (SSSR count). The molecule has 166 valence electrons. The Labute approximate surface area is 185 Å². The molecule has 0 amide bonds. The molecule has 1 unspecified atom stereocenters. The van der Waals surface area contributed by atoms with Gasteiger partial charge in [0.25, 0.3) is 0 Å². The van der Waals surface area contributed by atoms with Gasteiger partial charge in [0.15, 0.2) is 0 Å². The van der Waals surface area contributed by atoms with Crippen molar-refractivity contribution in [2.45, 2.75) is 40.0 Å². The maximum atomic E-state index is 5.88. The van der Waals surface area contributed by atoms with E-state index in [1.165, 1.54) is 16.7 Å². The summed E-state index contributed by atoms with van der Waals surface area (Å²) in [5.74, 6) is 2.52. The average molecular weight is 422 g/mol. The first-order valence-corrected chi connectivity index (χ1v) is 11.0. The number of aromatic nitrogens is 2. The number of hydrogen-bond acceptors (Lipinski definition) is 4. The summed E-state index contributed by atoms with van der Waals surface area (Å²) in [4.78, 5) is 4.51. The summed E-state index contributed by atoms with van der Waals surface area (Å²) in [6, 6.07) is 3.94. The molecule has 1 heterocycles. The van der Waals surface area contributed by atoms with Gasteiger partial charge in [-0.25, -0.2) is 0 Å². The van der Waals surface area contributed by atoms with Crippen LogP contribution in [0, 0.1) is 11.8 Å². The molecular formula is C25H35N5O. The summed E-state index contributed by atoms with van der Waals surface area (Å²) in [7, 11) is 1.78. The SMILES string of the molecule is C=C(C(=NC)Nc1cc2cn[nH]c2cc1OCCN)C1=C(C)CC(C(=C)C(C)C)CC1. The molecule has 6 heteroatoms. The molecule has 1 aliphatic rings. The van der Waals surface area contributed by atoms with Gasteiger partial charge in [-0.3, -0.25) is 10.1 Å². The summed E-state index contributed by atoms with van der Waals surface area (Å²) in [6.45, 7) is 16.3. The lowest BCUT2D eigenvalue weighted by atomic mass is 9.76. The summed E-state index contributed by atoms with van der Waals surface area (Å²) < 4.78 is 5.88. The van der Waals surface area contributed by atoms with E-state index in [0.29, 0.717) is 30.7 Å². The van der Waals surface area contributed by atoms with Gasteiger partial charge in [-0.1, -0.05) is 38.2 Å². The highest BCUT2D eigenvalue weighted by atomic mass is 16.5. The molecule has 0 fully saturated rings. The van der Waals surface area contributed by atoms with Crippen LogP contribution in [0.2, 0.25) is 0 Å². The number of nitrogens with zero attached hydrogens (tertiary/aromatic N) is 2. The van der Waals surface area contributed by atoms with Crippen LogP contribution in [0.3, 0.4) is 0 Å². The van der Waals surface area contributed by atoms with Crippen molar-refractivity contribution in [1.82, 2.24) is 10.2 Å². The van der Waals surface area contributed by atoms with E-state index in [1.807, 2.05) is 12.1 Å². The molecule has 0 saturated heterocycles.